The van der Waals surface area contributed by atoms with E-state index in [1.165, 1.54) is 0 Å². The van der Waals surface area contributed by atoms with Crippen LogP contribution in [0.15, 0.2) is 48.7 Å². The zero-order chi connectivity index (χ0) is 9.10. The van der Waals surface area contributed by atoms with Gasteiger partial charge in [0.25, 0.3) is 0 Å². The van der Waals surface area contributed by atoms with Crippen LogP contribution >= 0.6 is 0 Å². The Morgan fingerprint density at radius 2 is 1.77 bits per heavy atom. The van der Waals surface area contributed by atoms with E-state index in [9.17, 15) is 4.79 Å². The third-order valence-corrected chi connectivity index (χ3v) is 1.88. The molecule has 0 aliphatic rings. The molecule has 1 aromatic carbocycles. The lowest BCUT2D eigenvalue weighted by Gasteiger charge is -1.96. The van der Waals surface area contributed by atoms with E-state index in [2.05, 4.69) is 4.98 Å². The monoisotopic (exact) mass is 171 g/mol. The van der Waals surface area contributed by atoms with Gasteiger partial charge in [-0.15, -0.1) is 0 Å². The van der Waals surface area contributed by atoms with E-state index >= 15 is 0 Å². The van der Waals surface area contributed by atoms with E-state index in [1.807, 2.05) is 36.4 Å². The molecule has 1 aromatic heterocycles. The third-order valence-electron chi connectivity index (χ3n) is 1.88. The van der Waals surface area contributed by atoms with Crippen molar-refractivity contribution in [3.8, 4) is 0 Å². The quantitative estimate of drug-likeness (QED) is 0.690. The molecule has 1 heterocycles. The van der Waals surface area contributed by atoms with Crippen molar-refractivity contribution >= 4 is 5.78 Å². The Morgan fingerprint density at radius 3 is 2.38 bits per heavy atom. The van der Waals surface area contributed by atoms with Crippen molar-refractivity contribution in [1.82, 2.24) is 4.98 Å². The largest absolute Gasteiger partial charge is 0.359 e. The number of carbonyl (C=O) groups is 1. The fourth-order valence-electron chi connectivity index (χ4n) is 1.22. The summed E-state index contributed by atoms with van der Waals surface area (Å²) in [6, 6.07) is 12.8. The van der Waals surface area contributed by atoms with Crippen molar-refractivity contribution in [2.24, 2.45) is 0 Å². The first-order valence-corrected chi connectivity index (χ1v) is 4.11. The second-order valence-corrected chi connectivity index (χ2v) is 2.78. The van der Waals surface area contributed by atoms with Gasteiger partial charge in [-0.2, -0.15) is 0 Å². The normalized spacial score (nSPS) is 9.85. The van der Waals surface area contributed by atoms with Crippen molar-refractivity contribution in [1.29, 1.82) is 0 Å². The highest BCUT2D eigenvalue weighted by Gasteiger charge is 2.07. The molecule has 0 aliphatic carbocycles. The Balaban J connectivity index is 2.34. The molecule has 1 N–H and O–H groups in total. The molecular formula is C11H9NO. The molecule has 0 saturated carbocycles. The molecule has 0 aliphatic heterocycles. The van der Waals surface area contributed by atoms with Gasteiger partial charge in [-0.1, -0.05) is 30.3 Å². The smallest absolute Gasteiger partial charge is 0.209 e. The third kappa shape index (κ3) is 1.51. The summed E-state index contributed by atoms with van der Waals surface area (Å²) in [7, 11) is 0. The van der Waals surface area contributed by atoms with Gasteiger partial charge in [0.1, 0.15) is 0 Å². The molecule has 0 unspecified atom stereocenters. The van der Waals surface area contributed by atoms with E-state index in [4.69, 9.17) is 0 Å². The molecule has 0 saturated heterocycles. The van der Waals surface area contributed by atoms with Crippen LogP contribution in [0.4, 0.5) is 0 Å². The van der Waals surface area contributed by atoms with Crippen LogP contribution in [0.2, 0.25) is 0 Å². The second kappa shape index (κ2) is 3.27. The van der Waals surface area contributed by atoms with Gasteiger partial charge < -0.3 is 4.98 Å². The molecule has 0 amide bonds. The number of H-pyrrole nitrogens is 1. The Labute approximate surface area is 76.2 Å². The number of hydrogen-bond acceptors (Lipinski definition) is 1. The fraction of sp³-hybridized carbons (Fsp3) is 0. The number of aromatic nitrogens is 1. The van der Waals surface area contributed by atoms with Gasteiger partial charge in [-0.25, -0.2) is 0 Å². The number of carbonyl (C=O) groups excluding carboxylic acids is 1. The highest BCUT2D eigenvalue weighted by Crippen LogP contribution is 2.06. The van der Waals surface area contributed by atoms with Crippen molar-refractivity contribution in [3.63, 3.8) is 0 Å². The maximum absolute atomic E-state index is 11.7. The molecule has 2 aromatic rings. The van der Waals surface area contributed by atoms with Crippen molar-refractivity contribution in [2.75, 3.05) is 0 Å². The molecule has 2 heteroatoms. The van der Waals surface area contributed by atoms with Crippen LogP contribution in [0.3, 0.4) is 0 Å². The number of benzene rings is 1. The van der Waals surface area contributed by atoms with Gasteiger partial charge in [0.2, 0.25) is 5.78 Å². The lowest BCUT2D eigenvalue weighted by molar-refractivity contribution is 0.103. The molecule has 0 atom stereocenters. The zero-order valence-electron chi connectivity index (χ0n) is 7.03. The molecule has 64 valence electrons. The number of nitrogens with one attached hydrogen (secondary N) is 1. The lowest BCUT2D eigenvalue weighted by Crippen LogP contribution is -2.00. The van der Waals surface area contributed by atoms with Gasteiger partial charge >= 0.3 is 0 Å². The van der Waals surface area contributed by atoms with Gasteiger partial charge in [0.05, 0.1) is 5.69 Å². The van der Waals surface area contributed by atoms with Crippen molar-refractivity contribution in [3.05, 3.63) is 59.9 Å². The van der Waals surface area contributed by atoms with Crippen molar-refractivity contribution in [2.45, 2.75) is 0 Å². The topological polar surface area (TPSA) is 32.9 Å². The zero-order valence-corrected chi connectivity index (χ0v) is 7.03. The van der Waals surface area contributed by atoms with Crippen LogP contribution in [0, 0.1) is 0 Å². The SMILES string of the molecule is O=C(c1ccccc1)c1ccc[nH]1. The van der Waals surface area contributed by atoms with Gasteiger partial charge in [0.15, 0.2) is 0 Å². The summed E-state index contributed by atoms with van der Waals surface area (Å²) in [5, 5.41) is 0. The van der Waals surface area contributed by atoms with Gasteiger partial charge in [-0.3, -0.25) is 4.79 Å². The molecule has 0 radical (unpaired) electrons. The summed E-state index contributed by atoms with van der Waals surface area (Å²) in [4.78, 5) is 14.6. The first kappa shape index (κ1) is 7.80. The predicted molar refractivity (Wildman–Crippen MR) is 50.7 cm³/mol. The second-order valence-electron chi connectivity index (χ2n) is 2.78. The summed E-state index contributed by atoms with van der Waals surface area (Å²) in [6.45, 7) is 0. The highest BCUT2D eigenvalue weighted by molar-refractivity contribution is 6.07. The van der Waals surface area contributed by atoms with E-state index in [1.54, 1.807) is 12.3 Å². The highest BCUT2D eigenvalue weighted by atomic mass is 16.1. The number of hydrogen-bond donors (Lipinski definition) is 1. The lowest BCUT2D eigenvalue weighted by atomic mass is 10.1. The maximum atomic E-state index is 11.7. The number of rotatable bonds is 2. The first-order valence-electron chi connectivity index (χ1n) is 4.11. The van der Waals surface area contributed by atoms with E-state index in [0.29, 0.717) is 11.3 Å². The maximum Gasteiger partial charge on any atom is 0.209 e. The van der Waals surface area contributed by atoms with E-state index in [0.717, 1.165) is 0 Å². The molecule has 2 nitrogen and oxygen atoms in total. The minimum Gasteiger partial charge on any atom is -0.359 e. The summed E-state index contributed by atoms with van der Waals surface area (Å²) in [6.07, 6.45) is 1.75. The van der Waals surface area contributed by atoms with Crippen LogP contribution < -0.4 is 0 Å². The van der Waals surface area contributed by atoms with Crippen LogP contribution in [-0.2, 0) is 0 Å². The van der Waals surface area contributed by atoms with Crippen LogP contribution in [0.1, 0.15) is 16.1 Å². The average molecular weight is 171 g/mol. The van der Waals surface area contributed by atoms with Gasteiger partial charge in [0, 0.05) is 11.8 Å². The molecule has 0 spiro atoms. The summed E-state index contributed by atoms with van der Waals surface area (Å²) >= 11 is 0. The van der Waals surface area contributed by atoms with Crippen LogP contribution in [0.25, 0.3) is 0 Å². The molecule has 0 fully saturated rings. The first-order chi connectivity index (χ1) is 6.38. The van der Waals surface area contributed by atoms with Gasteiger partial charge in [-0.05, 0) is 12.1 Å². The van der Waals surface area contributed by atoms with E-state index < -0.39 is 0 Å². The summed E-state index contributed by atoms with van der Waals surface area (Å²) < 4.78 is 0. The molecule has 13 heavy (non-hydrogen) atoms. The Hall–Kier alpha value is -1.83. The Kier molecular flexibility index (Phi) is 1.96. The average Bonchev–Trinajstić information content (AvgIpc) is 2.71. The van der Waals surface area contributed by atoms with Crippen LogP contribution in [0.5, 0.6) is 0 Å². The molecule has 0 bridgehead atoms. The molecular weight excluding hydrogens is 162 g/mol. The minimum absolute atomic E-state index is 0.0330. The summed E-state index contributed by atoms with van der Waals surface area (Å²) in [5.74, 6) is 0.0330. The standard InChI is InChI=1S/C11H9NO/c13-11(10-7-4-8-12-10)9-5-2-1-3-6-9/h1-8,12H. The summed E-state index contributed by atoms with van der Waals surface area (Å²) in [5.41, 5.74) is 1.34. The van der Waals surface area contributed by atoms with E-state index in [-0.39, 0.29) is 5.78 Å². The Morgan fingerprint density at radius 1 is 1.00 bits per heavy atom. The predicted octanol–water partition coefficient (Wildman–Crippen LogP) is 2.25. The number of aromatic amines is 1. The fourth-order valence-corrected chi connectivity index (χ4v) is 1.22. The van der Waals surface area contributed by atoms with Crippen molar-refractivity contribution < 1.29 is 4.79 Å². The minimum atomic E-state index is 0.0330. The van der Waals surface area contributed by atoms with Crippen LogP contribution in [-0.4, -0.2) is 10.8 Å². The Bertz CT molecular complexity index is 389. The number of ketones is 1. The molecule has 2 rings (SSSR count).